The van der Waals surface area contributed by atoms with E-state index in [1.165, 1.54) is 0 Å². The fraction of sp³-hybridized carbons (Fsp3) is 0.533. The number of halogens is 1. The van der Waals surface area contributed by atoms with Crippen LogP contribution in [-0.2, 0) is 11.3 Å². The second-order valence-corrected chi connectivity index (χ2v) is 5.64. The zero-order valence-corrected chi connectivity index (χ0v) is 13.1. The van der Waals surface area contributed by atoms with E-state index in [9.17, 15) is 4.79 Å². The Labute approximate surface area is 129 Å². The molecule has 1 aromatic rings. The van der Waals surface area contributed by atoms with Crippen LogP contribution in [0.25, 0.3) is 0 Å². The number of nitrogens with one attached hydrogen (secondary N) is 1. The van der Waals surface area contributed by atoms with Crippen LogP contribution in [0.5, 0.6) is 11.5 Å². The molecule has 2 rings (SSSR count). The van der Waals surface area contributed by atoms with E-state index in [0.717, 1.165) is 12.0 Å². The lowest BCUT2D eigenvalue weighted by Gasteiger charge is -2.21. The van der Waals surface area contributed by atoms with Crippen molar-refractivity contribution < 1.29 is 14.3 Å². The normalized spacial score (nSPS) is 16.2. The summed E-state index contributed by atoms with van der Waals surface area (Å²) in [6.45, 7) is 5.33. The molecule has 0 saturated carbocycles. The van der Waals surface area contributed by atoms with Crippen molar-refractivity contribution in [3.63, 3.8) is 0 Å². The Bertz CT molecular complexity index is 522. The molecule has 6 heteroatoms. The highest BCUT2D eigenvalue weighted by Crippen LogP contribution is 2.38. The molecule has 1 aromatic carbocycles. The van der Waals surface area contributed by atoms with Crippen molar-refractivity contribution in [2.45, 2.75) is 32.9 Å². The Kier molecular flexibility index (Phi) is 5.31. The molecule has 2 unspecified atom stereocenters. The summed E-state index contributed by atoms with van der Waals surface area (Å²) in [5.74, 6) is 1.17. The van der Waals surface area contributed by atoms with Gasteiger partial charge in [0, 0.05) is 6.54 Å². The summed E-state index contributed by atoms with van der Waals surface area (Å²) in [6, 6.07) is 3.10. The van der Waals surface area contributed by atoms with Crippen molar-refractivity contribution in [2.75, 3.05) is 13.2 Å². The summed E-state index contributed by atoms with van der Waals surface area (Å²) in [7, 11) is 0. The van der Waals surface area contributed by atoms with Crippen LogP contribution in [0.15, 0.2) is 12.1 Å². The molecule has 1 amide bonds. The van der Waals surface area contributed by atoms with Gasteiger partial charge in [0.05, 0.1) is 11.1 Å². The van der Waals surface area contributed by atoms with Crippen molar-refractivity contribution in [3.05, 3.63) is 22.7 Å². The first-order chi connectivity index (χ1) is 10.0. The van der Waals surface area contributed by atoms with Gasteiger partial charge in [0.15, 0.2) is 11.5 Å². The van der Waals surface area contributed by atoms with Crippen LogP contribution < -0.4 is 20.5 Å². The zero-order chi connectivity index (χ0) is 15.4. The van der Waals surface area contributed by atoms with Gasteiger partial charge in [-0.1, -0.05) is 31.9 Å². The molecule has 0 saturated heterocycles. The van der Waals surface area contributed by atoms with E-state index in [0.29, 0.717) is 36.3 Å². The van der Waals surface area contributed by atoms with Crippen LogP contribution in [-0.4, -0.2) is 25.2 Å². The van der Waals surface area contributed by atoms with Gasteiger partial charge in [-0.3, -0.25) is 4.79 Å². The van der Waals surface area contributed by atoms with E-state index in [2.05, 4.69) is 5.32 Å². The quantitative estimate of drug-likeness (QED) is 0.873. The molecule has 1 aliphatic heterocycles. The van der Waals surface area contributed by atoms with Crippen LogP contribution in [0.3, 0.4) is 0 Å². The van der Waals surface area contributed by atoms with Crippen LogP contribution in [0.4, 0.5) is 0 Å². The van der Waals surface area contributed by atoms with E-state index in [4.69, 9.17) is 26.8 Å². The molecule has 1 aliphatic rings. The number of hydrogen-bond donors (Lipinski definition) is 2. The summed E-state index contributed by atoms with van der Waals surface area (Å²) in [5.41, 5.74) is 6.75. The minimum absolute atomic E-state index is 0.147. The number of benzene rings is 1. The number of rotatable bonds is 5. The van der Waals surface area contributed by atoms with E-state index in [-0.39, 0.29) is 11.8 Å². The van der Waals surface area contributed by atoms with Gasteiger partial charge >= 0.3 is 0 Å². The Morgan fingerprint density at radius 1 is 1.43 bits per heavy atom. The molecule has 0 radical (unpaired) electrons. The third-order valence-corrected chi connectivity index (χ3v) is 3.96. The Morgan fingerprint density at radius 2 is 2.14 bits per heavy atom. The Balaban J connectivity index is 2.00. The first-order valence-corrected chi connectivity index (χ1v) is 7.52. The monoisotopic (exact) mass is 312 g/mol. The fourth-order valence-corrected chi connectivity index (χ4v) is 2.37. The van der Waals surface area contributed by atoms with Crippen molar-refractivity contribution in [1.82, 2.24) is 5.32 Å². The number of nitrogens with two attached hydrogens (primary N) is 1. The molecule has 0 bridgehead atoms. The van der Waals surface area contributed by atoms with E-state index in [1.54, 1.807) is 6.07 Å². The molecule has 0 spiro atoms. The predicted molar refractivity (Wildman–Crippen MR) is 81.7 cm³/mol. The highest BCUT2D eigenvalue weighted by molar-refractivity contribution is 6.32. The van der Waals surface area contributed by atoms with Crippen LogP contribution >= 0.6 is 11.6 Å². The lowest BCUT2D eigenvalue weighted by atomic mass is 9.99. The largest absolute Gasteiger partial charge is 0.486 e. The fourth-order valence-electron chi connectivity index (χ4n) is 2.09. The molecule has 2 atom stereocenters. The SMILES string of the molecule is CCC(C)C(N)C(=O)NCc1cc(Cl)c2c(c1)OCCO2. The summed E-state index contributed by atoms with van der Waals surface area (Å²) in [6.07, 6.45) is 0.866. The minimum Gasteiger partial charge on any atom is -0.486 e. The lowest BCUT2D eigenvalue weighted by Crippen LogP contribution is -2.44. The second-order valence-electron chi connectivity index (χ2n) is 5.23. The zero-order valence-electron chi connectivity index (χ0n) is 12.3. The van der Waals surface area contributed by atoms with Crippen molar-refractivity contribution in [3.8, 4) is 11.5 Å². The molecule has 116 valence electrons. The highest BCUT2D eigenvalue weighted by Gasteiger charge is 2.20. The number of hydrogen-bond acceptors (Lipinski definition) is 4. The summed E-state index contributed by atoms with van der Waals surface area (Å²) in [4.78, 5) is 12.0. The maximum absolute atomic E-state index is 12.0. The first-order valence-electron chi connectivity index (χ1n) is 7.14. The molecule has 21 heavy (non-hydrogen) atoms. The first kappa shape index (κ1) is 15.9. The molecule has 0 fully saturated rings. The van der Waals surface area contributed by atoms with Gasteiger partial charge in [0.1, 0.15) is 13.2 Å². The van der Waals surface area contributed by atoms with Crippen LogP contribution in [0, 0.1) is 5.92 Å². The maximum Gasteiger partial charge on any atom is 0.237 e. The average Bonchev–Trinajstić information content (AvgIpc) is 2.51. The molecule has 5 nitrogen and oxygen atoms in total. The van der Waals surface area contributed by atoms with Crippen LogP contribution in [0.2, 0.25) is 5.02 Å². The molecule has 0 aromatic heterocycles. The number of fused-ring (bicyclic) bond motifs is 1. The van der Waals surface area contributed by atoms with Crippen LogP contribution in [0.1, 0.15) is 25.8 Å². The number of carbonyl (C=O) groups excluding carboxylic acids is 1. The summed E-state index contributed by atoms with van der Waals surface area (Å²) >= 11 is 6.16. The molecular formula is C15H21ClN2O3. The molecule has 3 N–H and O–H groups in total. The van der Waals surface area contributed by atoms with E-state index < -0.39 is 6.04 Å². The highest BCUT2D eigenvalue weighted by atomic mass is 35.5. The topological polar surface area (TPSA) is 73.6 Å². The Hall–Kier alpha value is -1.46. The molecule has 0 aliphatic carbocycles. The number of carbonyl (C=O) groups is 1. The van der Waals surface area contributed by atoms with Gasteiger partial charge in [-0.15, -0.1) is 0 Å². The number of amides is 1. The molecule has 1 heterocycles. The number of ether oxygens (including phenoxy) is 2. The second kappa shape index (κ2) is 7.00. The average molecular weight is 313 g/mol. The van der Waals surface area contributed by atoms with Crippen molar-refractivity contribution >= 4 is 17.5 Å². The van der Waals surface area contributed by atoms with Crippen molar-refractivity contribution in [2.24, 2.45) is 11.7 Å². The maximum atomic E-state index is 12.0. The smallest absolute Gasteiger partial charge is 0.237 e. The molecular weight excluding hydrogens is 292 g/mol. The van der Waals surface area contributed by atoms with E-state index >= 15 is 0 Å². The third-order valence-electron chi connectivity index (χ3n) is 3.68. The van der Waals surface area contributed by atoms with Gasteiger partial charge in [0.2, 0.25) is 5.91 Å². The lowest BCUT2D eigenvalue weighted by molar-refractivity contribution is -0.123. The van der Waals surface area contributed by atoms with Gasteiger partial charge in [-0.25, -0.2) is 0 Å². The van der Waals surface area contributed by atoms with Gasteiger partial charge in [-0.05, 0) is 23.6 Å². The minimum atomic E-state index is -0.498. The Morgan fingerprint density at radius 3 is 2.86 bits per heavy atom. The third kappa shape index (κ3) is 3.80. The standard InChI is InChI=1S/C15H21ClN2O3/c1-3-9(2)13(17)15(19)18-8-10-6-11(16)14-12(7-10)20-4-5-21-14/h6-7,9,13H,3-5,8,17H2,1-2H3,(H,18,19). The predicted octanol–water partition coefficient (Wildman–Crippen LogP) is 2.10. The van der Waals surface area contributed by atoms with Gasteiger partial charge in [-0.2, -0.15) is 0 Å². The van der Waals surface area contributed by atoms with Crippen molar-refractivity contribution in [1.29, 1.82) is 0 Å². The summed E-state index contributed by atoms with van der Waals surface area (Å²) in [5, 5.41) is 3.32. The van der Waals surface area contributed by atoms with E-state index in [1.807, 2.05) is 19.9 Å². The van der Waals surface area contributed by atoms with Gasteiger partial charge < -0.3 is 20.5 Å². The summed E-state index contributed by atoms with van der Waals surface area (Å²) < 4.78 is 11.0. The van der Waals surface area contributed by atoms with Gasteiger partial charge in [0.25, 0.3) is 0 Å².